The van der Waals surface area contributed by atoms with Crippen molar-refractivity contribution in [2.24, 2.45) is 0 Å². The molecule has 0 saturated carbocycles. The fourth-order valence-corrected chi connectivity index (χ4v) is 1.98. The van der Waals surface area contributed by atoms with Gasteiger partial charge in [-0.15, -0.1) is 0 Å². The van der Waals surface area contributed by atoms with Gasteiger partial charge in [0.1, 0.15) is 11.9 Å². The van der Waals surface area contributed by atoms with E-state index >= 15 is 0 Å². The SMILES string of the molecule is N#Cc1cnc2c(Br)ccc(F)c2c1Cl. The minimum absolute atomic E-state index is 0.0984. The van der Waals surface area contributed by atoms with Crippen LogP contribution < -0.4 is 0 Å². The van der Waals surface area contributed by atoms with Crippen LogP contribution in [0.1, 0.15) is 5.56 Å². The van der Waals surface area contributed by atoms with Crippen LogP contribution in [0.5, 0.6) is 0 Å². The van der Waals surface area contributed by atoms with Gasteiger partial charge in [0.2, 0.25) is 0 Å². The molecule has 0 saturated heterocycles. The van der Waals surface area contributed by atoms with Crippen molar-refractivity contribution in [3.8, 4) is 6.07 Å². The lowest BCUT2D eigenvalue weighted by atomic mass is 10.1. The Morgan fingerprint density at radius 1 is 1.47 bits per heavy atom. The molecule has 0 amide bonds. The van der Waals surface area contributed by atoms with Crippen molar-refractivity contribution < 1.29 is 4.39 Å². The first-order chi connectivity index (χ1) is 7.15. The van der Waals surface area contributed by atoms with Gasteiger partial charge < -0.3 is 0 Å². The smallest absolute Gasteiger partial charge is 0.134 e. The molecule has 1 aromatic heterocycles. The molecule has 0 bridgehead atoms. The molecular weight excluding hydrogens is 282 g/mol. The van der Waals surface area contributed by atoms with Crippen molar-refractivity contribution in [2.45, 2.75) is 0 Å². The van der Waals surface area contributed by atoms with E-state index in [-0.39, 0.29) is 16.0 Å². The highest BCUT2D eigenvalue weighted by atomic mass is 79.9. The molecule has 0 radical (unpaired) electrons. The summed E-state index contributed by atoms with van der Waals surface area (Å²) in [4.78, 5) is 3.98. The molecule has 0 unspecified atom stereocenters. The second kappa shape index (κ2) is 3.76. The normalized spacial score (nSPS) is 10.3. The zero-order valence-corrected chi connectivity index (χ0v) is 9.60. The van der Waals surface area contributed by atoms with Crippen molar-refractivity contribution in [3.63, 3.8) is 0 Å². The third-order valence-electron chi connectivity index (χ3n) is 1.98. The first kappa shape index (κ1) is 10.3. The molecular formula is C10H3BrClFN2. The van der Waals surface area contributed by atoms with Gasteiger partial charge in [0.05, 0.1) is 21.5 Å². The van der Waals surface area contributed by atoms with Gasteiger partial charge in [-0.2, -0.15) is 5.26 Å². The van der Waals surface area contributed by atoms with E-state index in [1.165, 1.54) is 12.3 Å². The van der Waals surface area contributed by atoms with Gasteiger partial charge in [-0.25, -0.2) is 4.39 Å². The number of fused-ring (bicyclic) bond motifs is 1. The summed E-state index contributed by atoms with van der Waals surface area (Å²) >= 11 is 9.14. The zero-order chi connectivity index (χ0) is 11.0. The van der Waals surface area contributed by atoms with Gasteiger partial charge in [0, 0.05) is 10.7 Å². The molecule has 2 rings (SSSR count). The third-order valence-corrected chi connectivity index (χ3v) is 3.01. The molecule has 0 aliphatic carbocycles. The van der Waals surface area contributed by atoms with Crippen LogP contribution >= 0.6 is 27.5 Å². The molecule has 2 nitrogen and oxygen atoms in total. The number of nitriles is 1. The largest absolute Gasteiger partial charge is 0.253 e. The highest BCUT2D eigenvalue weighted by Crippen LogP contribution is 2.31. The van der Waals surface area contributed by atoms with E-state index in [0.29, 0.717) is 9.99 Å². The van der Waals surface area contributed by atoms with Gasteiger partial charge in [0.15, 0.2) is 0 Å². The molecule has 1 heterocycles. The van der Waals surface area contributed by atoms with Crippen molar-refractivity contribution in [2.75, 3.05) is 0 Å². The molecule has 0 aliphatic heterocycles. The van der Waals surface area contributed by atoms with Crippen LogP contribution in [-0.4, -0.2) is 4.98 Å². The van der Waals surface area contributed by atoms with Gasteiger partial charge >= 0.3 is 0 Å². The van der Waals surface area contributed by atoms with Gasteiger partial charge in [-0.1, -0.05) is 11.6 Å². The lowest BCUT2D eigenvalue weighted by Crippen LogP contribution is -1.89. The van der Waals surface area contributed by atoms with E-state index in [2.05, 4.69) is 20.9 Å². The average Bonchev–Trinajstić information content (AvgIpc) is 2.23. The molecule has 5 heteroatoms. The van der Waals surface area contributed by atoms with E-state index in [9.17, 15) is 4.39 Å². The van der Waals surface area contributed by atoms with Crippen LogP contribution in [0, 0.1) is 17.1 Å². The average molecular weight is 286 g/mol. The van der Waals surface area contributed by atoms with Crippen LogP contribution in [-0.2, 0) is 0 Å². The van der Waals surface area contributed by atoms with Crippen LogP contribution in [0.15, 0.2) is 22.8 Å². The fourth-order valence-electron chi connectivity index (χ4n) is 1.27. The van der Waals surface area contributed by atoms with Crippen LogP contribution in [0.4, 0.5) is 4.39 Å². The molecule has 0 atom stereocenters. The molecule has 0 spiro atoms. The molecule has 0 fully saturated rings. The maximum Gasteiger partial charge on any atom is 0.134 e. The summed E-state index contributed by atoms with van der Waals surface area (Å²) in [6.45, 7) is 0. The quantitative estimate of drug-likeness (QED) is 0.740. The summed E-state index contributed by atoms with van der Waals surface area (Å²) in [6.07, 6.45) is 1.33. The van der Waals surface area contributed by atoms with Crippen molar-refractivity contribution in [1.82, 2.24) is 4.98 Å². The van der Waals surface area contributed by atoms with Crippen molar-refractivity contribution >= 4 is 38.4 Å². The second-order valence-corrected chi connectivity index (χ2v) is 4.08. The third kappa shape index (κ3) is 1.58. The Bertz CT molecular complexity index is 592. The van der Waals surface area contributed by atoms with E-state index in [1.807, 2.05) is 6.07 Å². The Morgan fingerprint density at radius 2 is 2.20 bits per heavy atom. The maximum absolute atomic E-state index is 13.5. The minimum Gasteiger partial charge on any atom is -0.253 e. The van der Waals surface area contributed by atoms with Gasteiger partial charge in [-0.05, 0) is 28.1 Å². The number of nitrogens with zero attached hydrogens (tertiary/aromatic N) is 2. The van der Waals surface area contributed by atoms with E-state index in [0.717, 1.165) is 0 Å². The first-order valence-corrected chi connectivity index (χ1v) is 5.14. The van der Waals surface area contributed by atoms with Crippen molar-refractivity contribution in [3.05, 3.63) is 39.2 Å². The summed E-state index contributed by atoms with van der Waals surface area (Å²) in [7, 11) is 0. The van der Waals surface area contributed by atoms with Gasteiger partial charge in [0.25, 0.3) is 0 Å². The predicted octanol–water partition coefficient (Wildman–Crippen LogP) is 3.66. The highest BCUT2D eigenvalue weighted by Gasteiger charge is 2.12. The lowest BCUT2D eigenvalue weighted by molar-refractivity contribution is 0.639. The molecule has 15 heavy (non-hydrogen) atoms. The summed E-state index contributed by atoms with van der Waals surface area (Å²) < 4.78 is 14.1. The minimum atomic E-state index is -0.484. The number of aromatic nitrogens is 1. The summed E-state index contributed by atoms with van der Waals surface area (Å²) in [5.74, 6) is -0.484. The Labute approximate surface area is 98.4 Å². The summed E-state index contributed by atoms with van der Waals surface area (Å²) in [5, 5.41) is 9.00. The number of halogens is 3. The number of hydrogen-bond acceptors (Lipinski definition) is 2. The molecule has 0 N–H and O–H groups in total. The number of rotatable bonds is 0. The van der Waals surface area contributed by atoms with E-state index in [4.69, 9.17) is 16.9 Å². The van der Waals surface area contributed by atoms with E-state index < -0.39 is 5.82 Å². The highest BCUT2D eigenvalue weighted by molar-refractivity contribution is 9.10. The van der Waals surface area contributed by atoms with Gasteiger partial charge in [-0.3, -0.25) is 4.98 Å². The number of hydrogen-bond donors (Lipinski definition) is 0. The topological polar surface area (TPSA) is 36.7 Å². The summed E-state index contributed by atoms with van der Waals surface area (Å²) in [6, 6.07) is 4.69. The van der Waals surface area contributed by atoms with Crippen LogP contribution in [0.3, 0.4) is 0 Å². The molecule has 2 aromatic rings. The molecule has 74 valence electrons. The van der Waals surface area contributed by atoms with E-state index in [1.54, 1.807) is 6.07 Å². The van der Waals surface area contributed by atoms with Crippen LogP contribution in [0.25, 0.3) is 10.9 Å². The Morgan fingerprint density at radius 3 is 2.87 bits per heavy atom. The maximum atomic E-state index is 13.5. The summed E-state index contributed by atoms with van der Waals surface area (Å²) in [5.41, 5.74) is 0.583. The lowest BCUT2D eigenvalue weighted by Gasteiger charge is -2.04. The number of benzene rings is 1. The Balaban J connectivity index is 3.00. The van der Waals surface area contributed by atoms with Crippen LogP contribution in [0.2, 0.25) is 5.02 Å². The second-order valence-electron chi connectivity index (χ2n) is 2.85. The Kier molecular flexibility index (Phi) is 2.59. The fraction of sp³-hybridized carbons (Fsp3) is 0. The first-order valence-electron chi connectivity index (χ1n) is 3.97. The number of pyridine rings is 1. The molecule has 0 aliphatic rings. The monoisotopic (exact) mass is 284 g/mol. The van der Waals surface area contributed by atoms with Crippen molar-refractivity contribution in [1.29, 1.82) is 5.26 Å². The zero-order valence-electron chi connectivity index (χ0n) is 7.26. The molecule has 1 aromatic carbocycles. The standard InChI is InChI=1S/C10H3BrClFN2/c11-6-1-2-7(13)8-9(12)5(3-14)4-15-10(6)8/h1-2,4H. The Hall–Kier alpha value is -1.18. The predicted molar refractivity (Wildman–Crippen MR) is 59.1 cm³/mol.